The summed E-state index contributed by atoms with van der Waals surface area (Å²) in [7, 11) is 1.80. The predicted molar refractivity (Wildman–Crippen MR) is 102 cm³/mol. The Hall–Kier alpha value is -0.980. The summed E-state index contributed by atoms with van der Waals surface area (Å²) in [5, 5.41) is 2.94. The molecule has 2 saturated carbocycles. The molecular weight excluding hydrogens is 348 g/mol. The van der Waals surface area contributed by atoms with E-state index >= 15 is 0 Å². The molecule has 1 amide bonds. The maximum absolute atomic E-state index is 13.2. The Balaban J connectivity index is 1.48. The molecule has 0 unspecified atom stereocenters. The lowest BCUT2D eigenvalue weighted by Crippen LogP contribution is -2.53. The molecule has 3 atom stereocenters. The van der Waals surface area contributed by atoms with Crippen LogP contribution in [0.4, 0.5) is 0 Å². The normalized spacial score (nSPS) is 31.5. The number of amides is 1. The number of hydrogen-bond donors (Lipinski definition) is 0. The number of methoxy groups -OCH3 is 1. The van der Waals surface area contributed by atoms with Gasteiger partial charge in [-0.2, -0.15) is 0 Å². The fourth-order valence-corrected chi connectivity index (χ4v) is 5.22. The molecule has 0 bridgehead atoms. The number of thiazole rings is 1. The van der Waals surface area contributed by atoms with Gasteiger partial charge in [0.05, 0.1) is 22.8 Å². The molecule has 5 nitrogen and oxygen atoms in total. The summed E-state index contributed by atoms with van der Waals surface area (Å²) >= 11 is 1.58. The molecule has 1 saturated heterocycles. The lowest BCUT2D eigenvalue weighted by Gasteiger charge is -2.43. The molecule has 26 heavy (non-hydrogen) atoms. The Morgan fingerprint density at radius 3 is 2.85 bits per heavy atom. The number of carbonyl (C=O) groups excluding carboxylic acids is 1. The van der Waals surface area contributed by atoms with Crippen molar-refractivity contribution in [3.05, 3.63) is 16.1 Å². The largest absolute Gasteiger partial charge is 0.378 e. The molecule has 6 heteroatoms. The number of fused-ring (bicyclic) bond motifs is 1. The van der Waals surface area contributed by atoms with Gasteiger partial charge in [0.2, 0.25) is 0 Å². The summed E-state index contributed by atoms with van der Waals surface area (Å²) < 4.78 is 12.1. The molecule has 2 aliphatic carbocycles. The highest BCUT2D eigenvalue weighted by atomic mass is 32.1. The number of nitrogens with zero attached hydrogens (tertiary/aromatic N) is 2. The van der Waals surface area contributed by atoms with Gasteiger partial charge in [-0.1, -0.05) is 13.8 Å². The lowest BCUT2D eigenvalue weighted by atomic mass is 9.79. The Morgan fingerprint density at radius 1 is 1.38 bits per heavy atom. The van der Waals surface area contributed by atoms with E-state index in [0.29, 0.717) is 11.6 Å². The minimum Gasteiger partial charge on any atom is -0.378 e. The number of likely N-dealkylation sites (tertiary alicyclic amines) is 1. The Morgan fingerprint density at radius 2 is 2.19 bits per heavy atom. The van der Waals surface area contributed by atoms with Crippen LogP contribution in [0.3, 0.4) is 0 Å². The second kappa shape index (κ2) is 7.21. The molecule has 0 aromatic carbocycles. The SMILES string of the molecule is CO[C@@]12CC[C@@H](OCC3CC3)C[C@@H]1N(C(=O)c1csc(C(C)C)n1)CC2. The molecule has 0 N–H and O–H groups in total. The fourth-order valence-electron chi connectivity index (χ4n) is 4.41. The summed E-state index contributed by atoms with van der Waals surface area (Å²) in [6.07, 6.45) is 6.67. The van der Waals surface area contributed by atoms with E-state index < -0.39 is 0 Å². The van der Waals surface area contributed by atoms with E-state index in [1.165, 1.54) is 12.8 Å². The molecule has 1 aromatic heterocycles. The van der Waals surface area contributed by atoms with E-state index in [9.17, 15) is 4.79 Å². The van der Waals surface area contributed by atoms with Crippen LogP contribution in [-0.2, 0) is 9.47 Å². The monoisotopic (exact) mass is 378 g/mol. The zero-order valence-electron chi connectivity index (χ0n) is 16.1. The van der Waals surface area contributed by atoms with Crippen molar-refractivity contribution in [1.29, 1.82) is 0 Å². The van der Waals surface area contributed by atoms with Gasteiger partial charge in [0, 0.05) is 31.6 Å². The van der Waals surface area contributed by atoms with Gasteiger partial charge in [-0.3, -0.25) is 4.79 Å². The number of aromatic nitrogens is 1. The third-order valence-electron chi connectivity index (χ3n) is 6.30. The van der Waals surface area contributed by atoms with Crippen LogP contribution in [0.1, 0.15) is 73.8 Å². The second-order valence-electron chi connectivity index (χ2n) is 8.43. The number of carbonyl (C=O) groups is 1. The van der Waals surface area contributed by atoms with Gasteiger partial charge in [-0.05, 0) is 44.4 Å². The van der Waals surface area contributed by atoms with Crippen LogP contribution in [-0.4, -0.2) is 53.8 Å². The first-order chi connectivity index (χ1) is 12.5. The first-order valence-electron chi connectivity index (χ1n) is 9.95. The molecule has 144 valence electrons. The highest BCUT2D eigenvalue weighted by Crippen LogP contribution is 2.44. The van der Waals surface area contributed by atoms with Gasteiger partial charge < -0.3 is 14.4 Å². The Labute approximate surface area is 160 Å². The first-order valence-corrected chi connectivity index (χ1v) is 10.8. The molecular formula is C20H30N2O3S. The third-order valence-corrected chi connectivity index (χ3v) is 7.45. The maximum atomic E-state index is 13.2. The minimum absolute atomic E-state index is 0.0555. The maximum Gasteiger partial charge on any atom is 0.273 e. The average molecular weight is 379 g/mol. The standard InChI is InChI=1S/C20H30N2O3S/c1-13(2)18-21-16(12-26-18)19(23)22-9-8-20(24-3)7-6-15(10-17(20)22)25-11-14-4-5-14/h12-15,17H,4-11H2,1-3H3/t15-,17+,20-/m1/s1. The highest BCUT2D eigenvalue weighted by molar-refractivity contribution is 7.09. The van der Waals surface area contributed by atoms with Crippen LogP contribution < -0.4 is 0 Å². The fraction of sp³-hybridized carbons (Fsp3) is 0.800. The van der Waals surface area contributed by atoms with Crippen molar-refractivity contribution in [2.75, 3.05) is 20.3 Å². The van der Waals surface area contributed by atoms with Gasteiger partial charge >= 0.3 is 0 Å². The van der Waals surface area contributed by atoms with Crippen molar-refractivity contribution in [3.63, 3.8) is 0 Å². The molecule has 0 spiro atoms. The van der Waals surface area contributed by atoms with Crippen molar-refractivity contribution < 1.29 is 14.3 Å². The number of ether oxygens (including phenoxy) is 2. The number of rotatable bonds is 6. The van der Waals surface area contributed by atoms with Crippen molar-refractivity contribution in [2.24, 2.45) is 5.92 Å². The summed E-state index contributed by atoms with van der Waals surface area (Å²) in [4.78, 5) is 19.7. The predicted octanol–water partition coefficient (Wildman–Crippen LogP) is 3.85. The molecule has 4 rings (SSSR count). The lowest BCUT2D eigenvalue weighted by molar-refractivity contribution is -0.0977. The van der Waals surface area contributed by atoms with Gasteiger partial charge in [0.1, 0.15) is 5.69 Å². The van der Waals surface area contributed by atoms with E-state index in [2.05, 4.69) is 18.8 Å². The quantitative estimate of drug-likeness (QED) is 0.755. The van der Waals surface area contributed by atoms with Gasteiger partial charge in [-0.15, -0.1) is 11.3 Å². The van der Waals surface area contributed by atoms with Crippen LogP contribution >= 0.6 is 11.3 Å². The Bertz CT molecular complexity index is 657. The van der Waals surface area contributed by atoms with Crippen molar-refractivity contribution >= 4 is 17.2 Å². The topological polar surface area (TPSA) is 51.7 Å². The second-order valence-corrected chi connectivity index (χ2v) is 9.32. The van der Waals surface area contributed by atoms with E-state index in [0.717, 1.165) is 49.8 Å². The van der Waals surface area contributed by atoms with E-state index in [4.69, 9.17) is 9.47 Å². The zero-order valence-corrected chi connectivity index (χ0v) is 16.9. The van der Waals surface area contributed by atoms with Crippen LogP contribution in [0.15, 0.2) is 5.38 Å². The molecule has 2 heterocycles. The highest BCUT2D eigenvalue weighted by Gasteiger charge is 2.53. The van der Waals surface area contributed by atoms with E-state index in [-0.39, 0.29) is 23.7 Å². The van der Waals surface area contributed by atoms with Crippen molar-refractivity contribution in [2.45, 2.75) is 76.0 Å². The molecule has 3 fully saturated rings. The zero-order chi connectivity index (χ0) is 18.3. The van der Waals surface area contributed by atoms with Crippen LogP contribution in [0.5, 0.6) is 0 Å². The minimum atomic E-state index is -0.202. The average Bonchev–Trinajstić information content (AvgIpc) is 3.20. The van der Waals surface area contributed by atoms with Crippen molar-refractivity contribution in [3.8, 4) is 0 Å². The smallest absolute Gasteiger partial charge is 0.273 e. The summed E-state index contributed by atoms with van der Waals surface area (Å²) in [6.45, 7) is 5.86. The molecule has 1 aliphatic heterocycles. The van der Waals surface area contributed by atoms with E-state index in [1.807, 2.05) is 10.3 Å². The third kappa shape index (κ3) is 3.43. The molecule has 0 radical (unpaired) electrons. The molecule has 3 aliphatic rings. The van der Waals surface area contributed by atoms with Crippen molar-refractivity contribution in [1.82, 2.24) is 9.88 Å². The summed E-state index contributed by atoms with van der Waals surface area (Å²) in [5.41, 5.74) is 0.387. The first kappa shape index (κ1) is 18.4. The Kier molecular flexibility index (Phi) is 5.10. The van der Waals surface area contributed by atoms with Gasteiger partial charge in [0.25, 0.3) is 5.91 Å². The summed E-state index contributed by atoms with van der Waals surface area (Å²) in [5.74, 6) is 1.18. The van der Waals surface area contributed by atoms with E-state index in [1.54, 1.807) is 18.4 Å². The van der Waals surface area contributed by atoms with Crippen LogP contribution in [0.2, 0.25) is 0 Å². The van der Waals surface area contributed by atoms with Gasteiger partial charge in [-0.25, -0.2) is 4.98 Å². The van der Waals surface area contributed by atoms with Crippen LogP contribution in [0, 0.1) is 5.92 Å². The number of hydrogen-bond acceptors (Lipinski definition) is 5. The van der Waals surface area contributed by atoms with Gasteiger partial charge in [0.15, 0.2) is 0 Å². The van der Waals surface area contributed by atoms with Crippen LogP contribution in [0.25, 0.3) is 0 Å². The molecule has 1 aromatic rings. The summed E-state index contributed by atoms with van der Waals surface area (Å²) in [6, 6.07) is 0.0992.